The Labute approximate surface area is 202 Å². The van der Waals surface area contributed by atoms with Gasteiger partial charge in [0.2, 0.25) is 0 Å². The Hall–Kier alpha value is -3.16. The zero-order chi connectivity index (χ0) is 23.0. The maximum atomic E-state index is 5.16. The molecule has 1 atom stereocenters. The van der Waals surface area contributed by atoms with Crippen LogP contribution in [0.25, 0.3) is 0 Å². The minimum atomic E-state index is 0.163. The van der Waals surface area contributed by atoms with Crippen LogP contribution in [0.4, 0.5) is 5.69 Å². The Kier molecular flexibility index (Phi) is 7.53. The van der Waals surface area contributed by atoms with E-state index in [0.29, 0.717) is 0 Å². The first kappa shape index (κ1) is 22.6. The van der Waals surface area contributed by atoms with Gasteiger partial charge in [0, 0.05) is 58.6 Å². The van der Waals surface area contributed by atoms with Crippen molar-refractivity contribution in [2.24, 2.45) is 4.99 Å². The van der Waals surface area contributed by atoms with E-state index in [1.165, 1.54) is 11.1 Å². The molecule has 0 unspecified atom stereocenters. The van der Waals surface area contributed by atoms with Crippen molar-refractivity contribution in [2.75, 3.05) is 51.1 Å². The standard InChI is InChI=1S/C27H35N7/c1-3-7-22(8-4-1)11-15-34-21-25-26(32-34)27(29-14-18-33-16-12-28-13-17-33)31-24(20-30-25)19-23-9-5-2-6-10-23/h1-10,21,24,28,30H,11-20H2,(H,29,31)/t24-/m1/s1. The molecule has 0 spiro atoms. The number of amidine groups is 1. The lowest BCUT2D eigenvalue weighted by Crippen LogP contribution is -2.46. The summed E-state index contributed by atoms with van der Waals surface area (Å²) < 4.78 is 2.05. The van der Waals surface area contributed by atoms with Crippen molar-refractivity contribution in [1.29, 1.82) is 0 Å². The number of benzene rings is 2. The molecule has 3 aromatic rings. The molecule has 1 saturated heterocycles. The molecular formula is C27H35N7. The van der Waals surface area contributed by atoms with E-state index in [1.54, 1.807) is 0 Å². The lowest BCUT2D eigenvalue weighted by Gasteiger charge is -2.27. The van der Waals surface area contributed by atoms with Crippen LogP contribution < -0.4 is 16.0 Å². The average molecular weight is 458 g/mol. The fourth-order valence-electron chi connectivity index (χ4n) is 4.65. The third-order valence-electron chi connectivity index (χ3n) is 6.54. The van der Waals surface area contributed by atoms with Gasteiger partial charge in [0.1, 0.15) is 0 Å². The lowest BCUT2D eigenvalue weighted by molar-refractivity contribution is 0.245. The number of aryl methyl sites for hydroxylation is 2. The molecule has 0 amide bonds. The highest BCUT2D eigenvalue weighted by atomic mass is 15.3. The zero-order valence-electron chi connectivity index (χ0n) is 19.8. The van der Waals surface area contributed by atoms with Crippen LogP contribution in [0.5, 0.6) is 0 Å². The number of nitrogens with one attached hydrogen (secondary N) is 3. The van der Waals surface area contributed by atoms with Gasteiger partial charge in [0.05, 0.1) is 11.7 Å². The smallest absolute Gasteiger partial charge is 0.151 e. The van der Waals surface area contributed by atoms with Gasteiger partial charge < -0.3 is 16.0 Å². The molecule has 5 rings (SSSR count). The van der Waals surface area contributed by atoms with Crippen molar-refractivity contribution in [2.45, 2.75) is 25.4 Å². The van der Waals surface area contributed by atoms with Crippen molar-refractivity contribution in [3.05, 3.63) is 83.7 Å². The number of aromatic nitrogens is 2. The third-order valence-corrected chi connectivity index (χ3v) is 6.54. The molecule has 2 aliphatic rings. The number of rotatable bonds is 8. The van der Waals surface area contributed by atoms with Gasteiger partial charge in [0.25, 0.3) is 0 Å². The topological polar surface area (TPSA) is 69.5 Å². The molecule has 7 heteroatoms. The summed E-state index contributed by atoms with van der Waals surface area (Å²) in [5.74, 6) is 0.912. The molecule has 3 N–H and O–H groups in total. The number of aliphatic imine (C=N–C) groups is 1. The number of hydrogen-bond donors (Lipinski definition) is 3. The molecule has 178 valence electrons. The van der Waals surface area contributed by atoms with E-state index >= 15 is 0 Å². The largest absolute Gasteiger partial charge is 0.380 e. The predicted molar refractivity (Wildman–Crippen MR) is 139 cm³/mol. The number of anilines is 1. The summed E-state index contributed by atoms with van der Waals surface area (Å²) in [7, 11) is 0. The second-order valence-electron chi connectivity index (χ2n) is 9.11. The van der Waals surface area contributed by atoms with Crippen LogP contribution in [-0.2, 0) is 19.4 Å². The summed E-state index contributed by atoms with van der Waals surface area (Å²) in [6, 6.07) is 21.4. The molecule has 0 radical (unpaired) electrons. The van der Waals surface area contributed by atoms with Gasteiger partial charge >= 0.3 is 0 Å². The van der Waals surface area contributed by atoms with E-state index < -0.39 is 0 Å². The molecule has 2 aliphatic heterocycles. The Morgan fingerprint density at radius 2 is 1.65 bits per heavy atom. The highest BCUT2D eigenvalue weighted by Gasteiger charge is 2.22. The highest BCUT2D eigenvalue weighted by molar-refractivity contribution is 6.02. The Bertz CT molecular complexity index is 1060. The predicted octanol–water partition coefficient (Wildman–Crippen LogP) is 2.40. The molecule has 2 aromatic carbocycles. The average Bonchev–Trinajstić information content (AvgIpc) is 3.23. The molecule has 1 fully saturated rings. The van der Waals surface area contributed by atoms with Crippen LogP contribution in [0.3, 0.4) is 0 Å². The monoisotopic (exact) mass is 457 g/mol. The van der Waals surface area contributed by atoms with Gasteiger partial charge in [0.15, 0.2) is 11.5 Å². The number of hydrogen-bond acceptors (Lipinski definition) is 6. The van der Waals surface area contributed by atoms with E-state index in [2.05, 4.69) is 92.4 Å². The molecule has 0 aliphatic carbocycles. The van der Waals surface area contributed by atoms with Gasteiger partial charge in [-0.3, -0.25) is 14.6 Å². The fraction of sp³-hybridized carbons (Fsp3) is 0.407. The van der Waals surface area contributed by atoms with Crippen molar-refractivity contribution in [3.63, 3.8) is 0 Å². The summed E-state index contributed by atoms with van der Waals surface area (Å²) in [5.41, 5.74) is 4.64. The maximum Gasteiger partial charge on any atom is 0.151 e. The Morgan fingerprint density at radius 1 is 0.912 bits per heavy atom. The number of nitrogens with zero attached hydrogens (tertiary/aromatic N) is 4. The molecular weight excluding hydrogens is 422 g/mol. The van der Waals surface area contributed by atoms with Gasteiger partial charge in [-0.2, -0.15) is 5.10 Å². The van der Waals surface area contributed by atoms with E-state index in [0.717, 1.165) is 82.4 Å². The molecule has 3 heterocycles. The zero-order valence-corrected chi connectivity index (χ0v) is 19.8. The van der Waals surface area contributed by atoms with E-state index in [-0.39, 0.29) is 6.04 Å². The third kappa shape index (κ3) is 6.04. The first-order valence-corrected chi connectivity index (χ1v) is 12.5. The summed E-state index contributed by atoms with van der Waals surface area (Å²) in [6.07, 6.45) is 4.01. The van der Waals surface area contributed by atoms with E-state index in [1.807, 2.05) is 0 Å². The Morgan fingerprint density at radius 3 is 2.41 bits per heavy atom. The fourth-order valence-corrected chi connectivity index (χ4v) is 4.65. The van der Waals surface area contributed by atoms with E-state index in [4.69, 9.17) is 10.1 Å². The second-order valence-corrected chi connectivity index (χ2v) is 9.11. The summed E-state index contributed by atoms with van der Waals surface area (Å²) >= 11 is 0. The number of fused-ring (bicyclic) bond motifs is 1. The number of piperazine rings is 1. The Balaban J connectivity index is 1.30. The first-order chi connectivity index (χ1) is 16.8. The van der Waals surface area contributed by atoms with Crippen LogP contribution in [0.15, 0.2) is 71.9 Å². The summed E-state index contributed by atoms with van der Waals surface area (Å²) in [4.78, 5) is 7.66. The molecule has 7 nitrogen and oxygen atoms in total. The minimum Gasteiger partial charge on any atom is -0.380 e. The normalized spacial score (nSPS) is 18.5. The minimum absolute atomic E-state index is 0.163. The van der Waals surface area contributed by atoms with Gasteiger partial charge in [-0.25, -0.2) is 0 Å². The molecule has 0 bridgehead atoms. The summed E-state index contributed by atoms with van der Waals surface area (Å²) in [5, 5.41) is 15.6. The van der Waals surface area contributed by atoms with Crippen molar-refractivity contribution in [1.82, 2.24) is 25.3 Å². The highest BCUT2D eigenvalue weighted by Crippen LogP contribution is 2.20. The molecule has 0 saturated carbocycles. The second kappa shape index (κ2) is 11.3. The van der Waals surface area contributed by atoms with E-state index in [9.17, 15) is 0 Å². The van der Waals surface area contributed by atoms with Crippen molar-refractivity contribution < 1.29 is 0 Å². The van der Waals surface area contributed by atoms with Gasteiger partial charge in [-0.1, -0.05) is 60.7 Å². The van der Waals surface area contributed by atoms with Crippen LogP contribution in [0.1, 0.15) is 16.8 Å². The van der Waals surface area contributed by atoms with Crippen LogP contribution >= 0.6 is 0 Å². The SMILES string of the molecule is c1ccc(CCn2cc3c(n2)C(NCCN2CCNCC2)=N[C@H](Cc2ccccc2)CN3)cc1. The van der Waals surface area contributed by atoms with Crippen LogP contribution in [0, 0.1) is 0 Å². The first-order valence-electron chi connectivity index (χ1n) is 12.5. The molecule has 1 aromatic heterocycles. The van der Waals surface area contributed by atoms with Crippen molar-refractivity contribution in [3.8, 4) is 0 Å². The van der Waals surface area contributed by atoms with Crippen LogP contribution in [0.2, 0.25) is 0 Å². The quantitative estimate of drug-likeness (QED) is 0.485. The molecule has 34 heavy (non-hydrogen) atoms. The van der Waals surface area contributed by atoms with Crippen molar-refractivity contribution >= 4 is 11.5 Å². The van der Waals surface area contributed by atoms with Gasteiger partial charge in [-0.15, -0.1) is 0 Å². The maximum absolute atomic E-state index is 5.16. The van der Waals surface area contributed by atoms with Crippen LogP contribution in [-0.4, -0.2) is 72.4 Å². The lowest BCUT2D eigenvalue weighted by atomic mass is 10.1. The summed E-state index contributed by atoms with van der Waals surface area (Å²) in [6.45, 7) is 7.88. The van der Waals surface area contributed by atoms with Gasteiger partial charge in [-0.05, 0) is 24.0 Å².